The molecule has 0 bridgehead atoms. The van der Waals surface area contributed by atoms with Crippen molar-refractivity contribution in [1.82, 2.24) is 0 Å². The molecule has 0 amide bonds. The molecule has 4 heteroatoms. The van der Waals surface area contributed by atoms with E-state index in [1.165, 1.54) is 3.78 Å². The Bertz CT molecular complexity index is 324. The summed E-state index contributed by atoms with van der Waals surface area (Å²) in [4.78, 5) is 9.38. The summed E-state index contributed by atoms with van der Waals surface area (Å²) in [7, 11) is 0. The number of anilines is 1. The molecule has 1 aliphatic heterocycles. The fourth-order valence-electron chi connectivity index (χ4n) is 1.68. The molecule has 15 heavy (non-hydrogen) atoms. The standard InChI is InChI=1S/C8H10NO2.3CH3.Sn/c1-2-8(11-5-1)9-3-6-10-7-4-9;;;;/h1-2H,3-4,6-7H2;3*1H3;. The predicted octanol–water partition coefficient (Wildman–Crippen LogP) is 1.66. The van der Waals surface area contributed by atoms with Gasteiger partial charge in [0.2, 0.25) is 0 Å². The van der Waals surface area contributed by atoms with Crippen molar-refractivity contribution in [2.75, 3.05) is 31.2 Å². The first-order valence-electron chi connectivity index (χ1n) is 5.50. The van der Waals surface area contributed by atoms with Gasteiger partial charge in [-0.2, -0.15) is 0 Å². The molecule has 1 saturated heterocycles. The van der Waals surface area contributed by atoms with Gasteiger partial charge < -0.3 is 0 Å². The molecule has 0 atom stereocenters. The summed E-state index contributed by atoms with van der Waals surface area (Å²) in [5.41, 5.74) is 0. The van der Waals surface area contributed by atoms with E-state index in [4.69, 9.17) is 9.15 Å². The van der Waals surface area contributed by atoms with E-state index in [9.17, 15) is 0 Å². The van der Waals surface area contributed by atoms with Gasteiger partial charge in [0.05, 0.1) is 0 Å². The molecular weight excluding hydrogens is 297 g/mol. The van der Waals surface area contributed by atoms with Gasteiger partial charge in [0.1, 0.15) is 0 Å². The molecule has 1 aromatic heterocycles. The summed E-state index contributed by atoms with van der Waals surface area (Å²) >= 11 is -2.01. The molecule has 84 valence electrons. The molecule has 0 spiro atoms. The second-order valence-electron chi connectivity index (χ2n) is 4.99. The molecule has 1 fully saturated rings. The van der Waals surface area contributed by atoms with Crippen molar-refractivity contribution in [1.29, 1.82) is 0 Å². The second kappa shape index (κ2) is 4.37. The molecule has 0 aromatic carbocycles. The molecule has 2 heterocycles. The van der Waals surface area contributed by atoms with E-state index in [1.54, 1.807) is 0 Å². The van der Waals surface area contributed by atoms with Crippen LogP contribution in [0.2, 0.25) is 14.8 Å². The van der Waals surface area contributed by atoms with E-state index >= 15 is 0 Å². The minimum atomic E-state index is -2.01. The first kappa shape index (κ1) is 11.3. The number of hydrogen-bond donors (Lipinski definition) is 0. The molecule has 0 unspecified atom stereocenters. The van der Waals surface area contributed by atoms with E-state index in [2.05, 4.69) is 31.9 Å². The van der Waals surface area contributed by atoms with Crippen molar-refractivity contribution in [2.24, 2.45) is 0 Å². The predicted molar refractivity (Wildman–Crippen MR) is 64.7 cm³/mol. The average Bonchev–Trinajstić information content (AvgIpc) is 2.67. The van der Waals surface area contributed by atoms with Crippen LogP contribution in [0, 0.1) is 0 Å². The first-order chi connectivity index (χ1) is 7.07. The normalized spacial score (nSPS) is 18.2. The zero-order chi connectivity index (χ0) is 10.9. The van der Waals surface area contributed by atoms with Gasteiger partial charge in [-0.25, -0.2) is 0 Å². The van der Waals surface area contributed by atoms with Crippen LogP contribution in [0.25, 0.3) is 0 Å². The molecular formula is C11H19NO2Sn. The van der Waals surface area contributed by atoms with Crippen LogP contribution in [0.4, 0.5) is 5.88 Å². The van der Waals surface area contributed by atoms with Gasteiger partial charge in [0.15, 0.2) is 0 Å². The molecule has 1 aliphatic rings. The fraction of sp³-hybridized carbons (Fsp3) is 0.636. The molecule has 0 N–H and O–H groups in total. The number of furan rings is 1. The maximum absolute atomic E-state index is 5.95. The van der Waals surface area contributed by atoms with E-state index in [0.29, 0.717) is 0 Å². The zero-order valence-electron chi connectivity index (χ0n) is 9.75. The van der Waals surface area contributed by atoms with Crippen molar-refractivity contribution < 1.29 is 9.15 Å². The monoisotopic (exact) mass is 317 g/mol. The first-order valence-corrected chi connectivity index (χ1v) is 15.5. The zero-order valence-corrected chi connectivity index (χ0v) is 12.6. The van der Waals surface area contributed by atoms with Crippen LogP contribution in [0.5, 0.6) is 0 Å². The van der Waals surface area contributed by atoms with Crippen molar-refractivity contribution in [2.45, 2.75) is 14.8 Å². The van der Waals surface area contributed by atoms with Crippen LogP contribution in [-0.2, 0) is 4.74 Å². The molecule has 2 rings (SSSR count). The quantitative estimate of drug-likeness (QED) is 0.776. The maximum atomic E-state index is 5.95. The Morgan fingerprint density at radius 3 is 2.33 bits per heavy atom. The van der Waals surface area contributed by atoms with Gasteiger partial charge in [-0.3, -0.25) is 0 Å². The van der Waals surface area contributed by atoms with Gasteiger partial charge in [0.25, 0.3) is 0 Å². The number of morpholine rings is 1. The Kier molecular flexibility index (Phi) is 3.30. The molecule has 3 nitrogen and oxygen atoms in total. The fourth-order valence-corrected chi connectivity index (χ4v) is 4.52. The Labute approximate surface area is 95.3 Å². The number of hydrogen-bond acceptors (Lipinski definition) is 3. The second-order valence-corrected chi connectivity index (χ2v) is 19.2. The summed E-state index contributed by atoms with van der Waals surface area (Å²) in [6, 6.07) is 4.28. The van der Waals surface area contributed by atoms with Crippen LogP contribution in [0.1, 0.15) is 0 Å². The Hall–Kier alpha value is -0.161. The van der Waals surface area contributed by atoms with E-state index in [0.717, 1.165) is 32.2 Å². The third-order valence-electron chi connectivity index (χ3n) is 2.65. The molecule has 1 aromatic rings. The van der Waals surface area contributed by atoms with Crippen molar-refractivity contribution in [3.63, 3.8) is 0 Å². The van der Waals surface area contributed by atoms with Gasteiger partial charge in [-0.05, 0) is 0 Å². The van der Waals surface area contributed by atoms with Crippen molar-refractivity contribution in [3.8, 4) is 0 Å². The number of ether oxygens (including phenoxy) is 1. The Morgan fingerprint density at radius 2 is 1.80 bits per heavy atom. The summed E-state index contributed by atoms with van der Waals surface area (Å²) in [5.74, 6) is 1.03. The van der Waals surface area contributed by atoms with E-state index in [1.807, 2.05) is 0 Å². The van der Waals surface area contributed by atoms with Crippen molar-refractivity contribution >= 4 is 28.0 Å². The van der Waals surface area contributed by atoms with Gasteiger partial charge in [0, 0.05) is 0 Å². The summed E-state index contributed by atoms with van der Waals surface area (Å²) in [6.07, 6.45) is 0. The molecule has 0 aliphatic carbocycles. The van der Waals surface area contributed by atoms with Gasteiger partial charge in [-0.1, -0.05) is 0 Å². The minimum absolute atomic E-state index is 0.814. The summed E-state index contributed by atoms with van der Waals surface area (Å²) in [5, 5.41) is 0. The van der Waals surface area contributed by atoms with Gasteiger partial charge >= 0.3 is 95.3 Å². The molecule has 0 saturated carbocycles. The van der Waals surface area contributed by atoms with Crippen LogP contribution in [0.3, 0.4) is 0 Å². The van der Waals surface area contributed by atoms with Gasteiger partial charge in [-0.15, -0.1) is 0 Å². The van der Waals surface area contributed by atoms with Crippen molar-refractivity contribution in [3.05, 3.63) is 12.1 Å². The Balaban J connectivity index is 2.12. The number of rotatable bonds is 2. The Morgan fingerprint density at radius 1 is 1.13 bits per heavy atom. The van der Waals surface area contributed by atoms with Crippen LogP contribution in [-0.4, -0.2) is 44.7 Å². The SMILES string of the molecule is [CH3][Sn]([CH3])([CH3])[c]1ccc(N2CCOCC2)o1. The van der Waals surface area contributed by atoms with Crippen LogP contribution in [0.15, 0.2) is 16.5 Å². The van der Waals surface area contributed by atoms with Crippen LogP contribution >= 0.6 is 0 Å². The number of nitrogens with zero attached hydrogens (tertiary/aromatic N) is 1. The topological polar surface area (TPSA) is 25.6 Å². The average molecular weight is 316 g/mol. The van der Waals surface area contributed by atoms with E-state index in [-0.39, 0.29) is 0 Å². The third-order valence-corrected chi connectivity index (χ3v) is 7.64. The third kappa shape index (κ3) is 2.69. The summed E-state index contributed by atoms with van der Waals surface area (Å²) < 4.78 is 12.5. The van der Waals surface area contributed by atoms with E-state index < -0.39 is 18.4 Å². The van der Waals surface area contributed by atoms with Crippen LogP contribution < -0.4 is 8.68 Å². The molecule has 0 radical (unpaired) electrons. The summed E-state index contributed by atoms with van der Waals surface area (Å²) in [6.45, 7) is 3.53.